The van der Waals surface area contributed by atoms with E-state index in [2.05, 4.69) is 11.2 Å². The lowest BCUT2D eigenvalue weighted by molar-refractivity contribution is -0.157. The van der Waals surface area contributed by atoms with Gasteiger partial charge in [-0.15, -0.1) is 6.42 Å². The van der Waals surface area contributed by atoms with Crippen molar-refractivity contribution in [3.63, 3.8) is 0 Å². The normalized spacial score (nSPS) is 15.4. The maximum atomic E-state index is 11.5. The second-order valence-electron chi connectivity index (χ2n) is 4.31. The molecular formula is C11H19NO2. The summed E-state index contributed by atoms with van der Waals surface area (Å²) in [6.07, 6.45) is 5.18. The highest BCUT2D eigenvalue weighted by molar-refractivity contribution is 5.75. The Balaban J connectivity index is 4.08. The van der Waals surface area contributed by atoms with Crippen LogP contribution in [0.1, 0.15) is 34.6 Å². The van der Waals surface area contributed by atoms with Crippen molar-refractivity contribution in [2.75, 3.05) is 0 Å². The molecule has 3 nitrogen and oxygen atoms in total. The maximum absolute atomic E-state index is 11.5. The van der Waals surface area contributed by atoms with E-state index in [1.807, 2.05) is 27.7 Å². The fraction of sp³-hybridized carbons (Fsp3) is 0.727. The first-order valence-electron chi connectivity index (χ1n) is 4.71. The first kappa shape index (κ1) is 13.0. The second kappa shape index (κ2) is 5.02. The molecule has 0 spiro atoms. The van der Waals surface area contributed by atoms with Gasteiger partial charge in [0, 0.05) is 0 Å². The molecule has 0 aliphatic rings. The minimum absolute atomic E-state index is 0.127. The molecular weight excluding hydrogens is 178 g/mol. The molecule has 3 heteroatoms. The summed E-state index contributed by atoms with van der Waals surface area (Å²) in [6.45, 7) is 9.06. The Kier molecular flexibility index (Phi) is 4.65. The smallest absolute Gasteiger partial charge is 0.323 e. The minimum atomic E-state index is -0.452. The Morgan fingerprint density at radius 2 is 1.93 bits per heavy atom. The molecule has 1 N–H and O–H groups in total. The van der Waals surface area contributed by atoms with Crippen molar-refractivity contribution in [2.45, 2.75) is 52.3 Å². The van der Waals surface area contributed by atoms with Crippen LogP contribution in [0.5, 0.6) is 0 Å². The summed E-state index contributed by atoms with van der Waals surface area (Å²) in [5.74, 6) is 2.22. The molecule has 0 aliphatic heterocycles. The van der Waals surface area contributed by atoms with Crippen LogP contribution in [0.15, 0.2) is 0 Å². The van der Waals surface area contributed by atoms with Gasteiger partial charge in [-0.25, -0.2) is 0 Å². The zero-order chi connectivity index (χ0) is 11.4. The Morgan fingerprint density at radius 1 is 1.43 bits per heavy atom. The summed E-state index contributed by atoms with van der Waals surface area (Å²) in [5, 5.41) is 2.94. The fourth-order valence-electron chi connectivity index (χ4n) is 0.881. The molecule has 0 radical (unpaired) electrons. The second-order valence-corrected chi connectivity index (χ2v) is 4.31. The van der Waals surface area contributed by atoms with Crippen LogP contribution in [-0.4, -0.2) is 23.7 Å². The van der Waals surface area contributed by atoms with E-state index >= 15 is 0 Å². The third kappa shape index (κ3) is 5.60. The first-order chi connectivity index (χ1) is 6.26. The number of nitrogens with one attached hydrogen (secondary N) is 1. The van der Waals surface area contributed by atoms with Gasteiger partial charge in [0.05, 0.1) is 6.04 Å². The topological polar surface area (TPSA) is 38.3 Å². The first-order valence-corrected chi connectivity index (χ1v) is 4.71. The van der Waals surface area contributed by atoms with Gasteiger partial charge in [-0.2, -0.15) is 0 Å². The van der Waals surface area contributed by atoms with Crippen LogP contribution in [0.2, 0.25) is 0 Å². The van der Waals surface area contributed by atoms with Gasteiger partial charge in [0.2, 0.25) is 0 Å². The molecule has 0 aliphatic carbocycles. The van der Waals surface area contributed by atoms with Crippen LogP contribution in [-0.2, 0) is 9.53 Å². The quantitative estimate of drug-likeness (QED) is 0.548. The van der Waals surface area contributed by atoms with Crippen molar-refractivity contribution < 1.29 is 9.53 Å². The van der Waals surface area contributed by atoms with E-state index in [-0.39, 0.29) is 18.1 Å². The molecule has 0 saturated heterocycles. The van der Waals surface area contributed by atoms with E-state index in [4.69, 9.17) is 11.2 Å². The highest BCUT2D eigenvalue weighted by Gasteiger charge is 2.21. The van der Waals surface area contributed by atoms with E-state index in [1.165, 1.54) is 0 Å². The van der Waals surface area contributed by atoms with Gasteiger partial charge in [-0.3, -0.25) is 10.1 Å². The van der Waals surface area contributed by atoms with Crippen LogP contribution >= 0.6 is 0 Å². The molecule has 0 fully saturated rings. The van der Waals surface area contributed by atoms with Crippen LogP contribution < -0.4 is 5.32 Å². The van der Waals surface area contributed by atoms with E-state index in [0.29, 0.717) is 0 Å². The number of hydrogen-bond donors (Lipinski definition) is 1. The van der Waals surface area contributed by atoms with Gasteiger partial charge >= 0.3 is 5.97 Å². The molecule has 0 aromatic carbocycles. The lowest BCUT2D eigenvalue weighted by Crippen LogP contribution is -2.42. The minimum Gasteiger partial charge on any atom is -0.459 e. The third-order valence-electron chi connectivity index (χ3n) is 1.51. The van der Waals surface area contributed by atoms with Gasteiger partial charge in [0.1, 0.15) is 11.6 Å². The summed E-state index contributed by atoms with van der Waals surface area (Å²) in [4.78, 5) is 11.5. The highest BCUT2D eigenvalue weighted by Crippen LogP contribution is 2.08. The Hall–Kier alpha value is -1.01. The molecule has 0 amide bonds. The van der Waals surface area contributed by atoms with Crippen LogP contribution in [0.4, 0.5) is 0 Å². The van der Waals surface area contributed by atoms with E-state index in [9.17, 15) is 4.79 Å². The summed E-state index contributed by atoms with van der Waals surface area (Å²) < 4.78 is 5.17. The molecule has 0 rings (SSSR count). The van der Waals surface area contributed by atoms with Gasteiger partial charge in [0.25, 0.3) is 0 Å². The molecule has 2 unspecified atom stereocenters. The van der Waals surface area contributed by atoms with Crippen molar-refractivity contribution in [1.29, 1.82) is 0 Å². The number of terminal acetylenes is 1. The third-order valence-corrected chi connectivity index (χ3v) is 1.51. The number of ether oxygens (including phenoxy) is 1. The lowest BCUT2D eigenvalue weighted by Gasteiger charge is -2.23. The van der Waals surface area contributed by atoms with E-state index < -0.39 is 5.60 Å². The van der Waals surface area contributed by atoms with Gasteiger partial charge in [-0.1, -0.05) is 5.92 Å². The number of rotatable bonds is 3. The lowest BCUT2D eigenvalue weighted by atomic mass is 10.2. The SMILES string of the molecule is C#CC(C)NC(C)C(=O)OC(C)(C)C. The standard InChI is InChI=1S/C11H19NO2/c1-7-8(2)12-9(3)10(13)14-11(4,5)6/h1,8-9,12H,2-6H3. The average molecular weight is 197 g/mol. The van der Waals surface area contributed by atoms with Crippen LogP contribution in [0, 0.1) is 12.3 Å². The van der Waals surface area contributed by atoms with E-state index in [1.54, 1.807) is 6.92 Å². The summed E-state index contributed by atoms with van der Waals surface area (Å²) >= 11 is 0. The van der Waals surface area contributed by atoms with Crippen molar-refractivity contribution >= 4 is 5.97 Å². The molecule has 0 bridgehead atoms. The summed E-state index contributed by atoms with van der Waals surface area (Å²) in [5.41, 5.74) is -0.452. The van der Waals surface area contributed by atoms with Gasteiger partial charge in [-0.05, 0) is 34.6 Å². The predicted octanol–water partition coefficient (Wildman–Crippen LogP) is 1.33. The monoisotopic (exact) mass is 197 g/mol. The predicted molar refractivity (Wildman–Crippen MR) is 56.7 cm³/mol. The average Bonchev–Trinajstić information content (AvgIpc) is 2.00. The molecule has 0 aromatic heterocycles. The van der Waals surface area contributed by atoms with Crippen LogP contribution in [0.3, 0.4) is 0 Å². The largest absolute Gasteiger partial charge is 0.459 e. The Labute approximate surface area is 86.2 Å². The van der Waals surface area contributed by atoms with Crippen LogP contribution in [0.25, 0.3) is 0 Å². The number of carbonyl (C=O) groups is 1. The molecule has 0 heterocycles. The zero-order valence-corrected chi connectivity index (χ0v) is 9.55. The molecule has 14 heavy (non-hydrogen) atoms. The van der Waals surface area contributed by atoms with E-state index in [0.717, 1.165) is 0 Å². The van der Waals surface area contributed by atoms with Gasteiger partial charge < -0.3 is 4.74 Å². The van der Waals surface area contributed by atoms with Crippen molar-refractivity contribution in [3.8, 4) is 12.3 Å². The van der Waals surface area contributed by atoms with Gasteiger partial charge in [0.15, 0.2) is 0 Å². The summed E-state index contributed by atoms with van der Waals surface area (Å²) in [7, 11) is 0. The van der Waals surface area contributed by atoms with Crippen molar-refractivity contribution in [1.82, 2.24) is 5.32 Å². The fourth-order valence-corrected chi connectivity index (χ4v) is 0.881. The Morgan fingerprint density at radius 3 is 2.29 bits per heavy atom. The highest BCUT2D eigenvalue weighted by atomic mass is 16.6. The Bertz CT molecular complexity index is 235. The number of carbonyl (C=O) groups excluding carboxylic acids is 1. The van der Waals surface area contributed by atoms with Crippen molar-refractivity contribution in [3.05, 3.63) is 0 Å². The number of hydrogen-bond acceptors (Lipinski definition) is 3. The number of esters is 1. The van der Waals surface area contributed by atoms with Crippen molar-refractivity contribution in [2.24, 2.45) is 0 Å². The maximum Gasteiger partial charge on any atom is 0.323 e. The molecule has 2 atom stereocenters. The summed E-state index contributed by atoms with van der Waals surface area (Å²) in [6, 6.07) is -0.502. The molecule has 0 saturated carbocycles. The zero-order valence-electron chi connectivity index (χ0n) is 9.55. The molecule has 80 valence electrons. The molecule has 0 aromatic rings.